The standard InChI is InChI=1S/C10H11F2NO2/c1-5(9(13)10(14)15)6-3-2-4-7(11)8(6)12/h2-5,9H,13H2,1H3,(H,14,15)/t5?,9-/m0/s1. The van der Waals surface area contributed by atoms with Crippen LogP contribution in [-0.4, -0.2) is 17.1 Å². The molecular weight excluding hydrogens is 204 g/mol. The molecule has 82 valence electrons. The molecule has 0 spiro atoms. The van der Waals surface area contributed by atoms with Crippen LogP contribution in [0.2, 0.25) is 0 Å². The predicted molar refractivity (Wildman–Crippen MR) is 50.4 cm³/mol. The van der Waals surface area contributed by atoms with Crippen LogP contribution in [0, 0.1) is 11.6 Å². The number of aliphatic carboxylic acids is 1. The van der Waals surface area contributed by atoms with Gasteiger partial charge in [-0.2, -0.15) is 0 Å². The summed E-state index contributed by atoms with van der Waals surface area (Å²) in [5, 5.41) is 8.63. The van der Waals surface area contributed by atoms with Gasteiger partial charge in [-0.3, -0.25) is 4.79 Å². The second kappa shape index (κ2) is 4.35. The van der Waals surface area contributed by atoms with Crippen LogP contribution in [0.4, 0.5) is 8.78 Å². The van der Waals surface area contributed by atoms with Crippen molar-refractivity contribution < 1.29 is 18.7 Å². The summed E-state index contributed by atoms with van der Waals surface area (Å²) >= 11 is 0. The first-order chi connectivity index (χ1) is 6.95. The highest BCUT2D eigenvalue weighted by Crippen LogP contribution is 2.22. The van der Waals surface area contributed by atoms with Gasteiger partial charge in [0.15, 0.2) is 11.6 Å². The van der Waals surface area contributed by atoms with E-state index in [9.17, 15) is 13.6 Å². The summed E-state index contributed by atoms with van der Waals surface area (Å²) in [7, 11) is 0. The van der Waals surface area contributed by atoms with E-state index >= 15 is 0 Å². The van der Waals surface area contributed by atoms with E-state index in [-0.39, 0.29) is 5.56 Å². The van der Waals surface area contributed by atoms with Crippen molar-refractivity contribution in [3.05, 3.63) is 35.4 Å². The lowest BCUT2D eigenvalue weighted by Crippen LogP contribution is -2.35. The summed E-state index contributed by atoms with van der Waals surface area (Å²) in [6, 6.07) is 2.36. The summed E-state index contributed by atoms with van der Waals surface area (Å²) in [6.07, 6.45) is 0. The van der Waals surface area contributed by atoms with Gasteiger partial charge < -0.3 is 10.8 Å². The lowest BCUT2D eigenvalue weighted by Gasteiger charge is -2.16. The summed E-state index contributed by atoms with van der Waals surface area (Å²) < 4.78 is 26.1. The monoisotopic (exact) mass is 215 g/mol. The Morgan fingerprint density at radius 1 is 1.47 bits per heavy atom. The van der Waals surface area contributed by atoms with Gasteiger partial charge in [-0.25, -0.2) is 8.78 Å². The van der Waals surface area contributed by atoms with Gasteiger partial charge in [0.2, 0.25) is 0 Å². The van der Waals surface area contributed by atoms with Crippen molar-refractivity contribution in [2.24, 2.45) is 5.73 Å². The Bertz CT molecular complexity index is 382. The number of hydrogen-bond donors (Lipinski definition) is 2. The van der Waals surface area contributed by atoms with Crippen molar-refractivity contribution in [1.82, 2.24) is 0 Å². The van der Waals surface area contributed by atoms with Gasteiger partial charge in [-0.05, 0) is 11.6 Å². The van der Waals surface area contributed by atoms with Gasteiger partial charge in [0, 0.05) is 5.92 Å². The number of hydrogen-bond acceptors (Lipinski definition) is 2. The Kier molecular flexibility index (Phi) is 3.36. The number of carboxylic acids is 1. The summed E-state index contributed by atoms with van der Waals surface area (Å²) in [5.74, 6) is -4.07. The maximum absolute atomic E-state index is 13.3. The van der Waals surface area contributed by atoms with E-state index < -0.39 is 29.6 Å². The summed E-state index contributed by atoms with van der Waals surface area (Å²) in [6.45, 7) is 1.44. The number of carboxylic acid groups (broad SMARTS) is 1. The number of benzene rings is 1. The van der Waals surface area contributed by atoms with E-state index in [0.29, 0.717) is 0 Å². The first-order valence-electron chi connectivity index (χ1n) is 4.37. The second-order valence-electron chi connectivity index (χ2n) is 3.30. The van der Waals surface area contributed by atoms with Crippen LogP contribution in [0.15, 0.2) is 18.2 Å². The van der Waals surface area contributed by atoms with Crippen LogP contribution < -0.4 is 5.73 Å². The number of carbonyl (C=O) groups is 1. The molecule has 0 fully saturated rings. The second-order valence-corrected chi connectivity index (χ2v) is 3.30. The van der Waals surface area contributed by atoms with Crippen LogP contribution in [0.5, 0.6) is 0 Å². The summed E-state index contributed by atoms with van der Waals surface area (Å²) in [4.78, 5) is 10.6. The molecule has 0 radical (unpaired) electrons. The highest BCUT2D eigenvalue weighted by molar-refractivity contribution is 5.74. The molecule has 0 saturated heterocycles. The zero-order valence-electron chi connectivity index (χ0n) is 8.08. The first kappa shape index (κ1) is 11.6. The molecule has 15 heavy (non-hydrogen) atoms. The normalized spacial score (nSPS) is 14.7. The van der Waals surface area contributed by atoms with E-state index in [2.05, 4.69) is 0 Å². The third-order valence-electron chi connectivity index (χ3n) is 2.30. The lowest BCUT2D eigenvalue weighted by atomic mass is 9.93. The van der Waals surface area contributed by atoms with Crippen molar-refractivity contribution in [3.8, 4) is 0 Å². The molecule has 0 amide bonds. The third-order valence-corrected chi connectivity index (χ3v) is 2.30. The zero-order chi connectivity index (χ0) is 11.6. The number of nitrogens with two attached hydrogens (primary N) is 1. The molecule has 0 aliphatic carbocycles. The molecule has 1 aromatic rings. The van der Waals surface area contributed by atoms with E-state index in [1.165, 1.54) is 19.1 Å². The van der Waals surface area contributed by atoms with Crippen molar-refractivity contribution >= 4 is 5.97 Å². The third kappa shape index (κ3) is 2.30. The van der Waals surface area contributed by atoms with Gasteiger partial charge in [-0.1, -0.05) is 19.1 Å². The predicted octanol–water partition coefficient (Wildman–Crippen LogP) is 1.48. The maximum atomic E-state index is 13.3. The van der Waals surface area contributed by atoms with E-state index in [4.69, 9.17) is 10.8 Å². The molecule has 5 heteroatoms. The fourth-order valence-corrected chi connectivity index (χ4v) is 1.28. The molecule has 0 aliphatic rings. The smallest absolute Gasteiger partial charge is 0.321 e. The average Bonchev–Trinajstić information content (AvgIpc) is 2.20. The fourth-order valence-electron chi connectivity index (χ4n) is 1.28. The minimum absolute atomic E-state index is 0.0232. The first-order valence-corrected chi connectivity index (χ1v) is 4.37. The Morgan fingerprint density at radius 2 is 2.07 bits per heavy atom. The van der Waals surface area contributed by atoms with E-state index in [1.54, 1.807) is 0 Å². The highest BCUT2D eigenvalue weighted by atomic mass is 19.2. The van der Waals surface area contributed by atoms with Crippen LogP contribution in [0.25, 0.3) is 0 Å². The van der Waals surface area contributed by atoms with E-state index in [0.717, 1.165) is 6.07 Å². The van der Waals surface area contributed by atoms with Gasteiger partial charge in [0.1, 0.15) is 6.04 Å². The summed E-state index contributed by atoms with van der Waals surface area (Å²) in [5.41, 5.74) is 5.30. The fraction of sp³-hybridized carbons (Fsp3) is 0.300. The molecule has 3 N–H and O–H groups in total. The van der Waals surface area contributed by atoms with E-state index in [1.807, 2.05) is 0 Å². The highest BCUT2D eigenvalue weighted by Gasteiger charge is 2.24. The quantitative estimate of drug-likeness (QED) is 0.802. The molecule has 0 bridgehead atoms. The maximum Gasteiger partial charge on any atom is 0.321 e. The average molecular weight is 215 g/mol. The Hall–Kier alpha value is -1.49. The van der Waals surface area contributed by atoms with Gasteiger partial charge in [-0.15, -0.1) is 0 Å². The molecule has 1 unspecified atom stereocenters. The Balaban J connectivity index is 3.06. The minimum atomic E-state index is -1.25. The molecule has 1 aromatic carbocycles. The molecule has 0 aromatic heterocycles. The molecule has 2 atom stereocenters. The minimum Gasteiger partial charge on any atom is -0.480 e. The van der Waals surface area contributed by atoms with Gasteiger partial charge in [0.05, 0.1) is 0 Å². The van der Waals surface area contributed by atoms with Crippen LogP contribution >= 0.6 is 0 Å². The topological polar surface area (TPSA) is 63.3 Å². The molecule has 0 heterocycles. The van der Waals surface area contributed by atoms with Crippen molar-refractivity contribution in [2.75, 3.05) is 0 Å². The number of rotatable bonds is 3. The zero-order valence-corrected chi connectivity index (χ0v) is 8.08. The molecule has 1 rings (SSSR count). The molecule has 3 nitrogen and oxygen atoms in total. The van der Waals surface area contributed by atoms with Crippen molar-refractivity contribution in [3.63, 3.8) is 0 Å². The van der Waals surface area contributed by atoms with Crippen molar-refractivity contribution in [1.29, 1.82) is 0 Å². The Morgan fingerprint density at radius 3 is 2.60 bits per heavy atom. The number of halogens is 2. The van der Waals surface area contributed by atoms with Crippen LogP contribution in [-0.2, 0) is 4.79 Å². The largest absolute Gasteiger partial charge is 0.480 e. The molecular formula is C10H11F2NO2. The molecule has 0 saturated carbocycles. The van der Waals surface area contributed by atoms with Gasteiger partial charge >= 0.3 is 5.97 Å². The van der Waals surface area contributed by atoms with Gasteiger partial charge in [0.25, 0.3) is 0 Å². The SMILES string of the molecule is CC(c1cccc(F)c1F)[C@H](N)C(=O)O. The lowest BCUT2D eigenvalue weighted by molar-refractivity contribution is -0.139. The molecule has 0 aliphatic heterocycles. The Labute approximate surface area is 85.5 Å². The van der Waals surface area contributed by atoms with Crippen molar-refractivity contribution in [2.45, 2.75) is 18.9 Å². The van der Waals surface area contributed by atoms with Crippen LogP contribution in [0.1, 0.15) is 18.4 Å². The van der Waals surface area contributed by atoms with Crippen LogP contribution in [0.3, 0.4) is 0 Å².